The summed E-state index contributed by atoms with van der Waals surface area (Å²) >= 11 is 0. The molecule has 6 heteroatoms. The van der Waals surface area contributed by atoms with E-state index in [0.29, 0.717) is 0 Å². The number of rotatable bonds is 10. The number of aromatic nitrogens is 6. The van der Waals surface area contributed by atoms with Crippen molar-refractivity contribution in [3.8, 4) is 78.6 Å². The smallest absolute Gasteiger partial charge is 0.0561 e. The van der Waals surface area contributed by atoms with Crippen LogP contribution in [0.5, 0.6) is 0 Å². The van der Waals surface area contributed by atoms with E-state index in [2.05, 4.69) is 428 Å². The van der Waals surface area contributed by atoms with Crippen molar-refractivity contribution in [2.24, 2.45) is 0 Å². The van der Waals surface area contributed by atoms with Crippen molar-refractivity contribution < 1.29 is 0 Å². The summed E-state index contributed by atoms with van der Waals surface area (Å²) in [5.74, 6) is 0. The van der Waals surface area contributed by atoms with Gasteiger partial charge < -0.3 is 27.4 Å². The molecule has 6 heterocycles. The topological polar surface area (TPSA) is 29.6 Å². The van der Waals surface area contributed by atoms with E-state index in [1.165, 1.54) is 120 Å². The van der Waals surface area contributed by atoms with Gasteiger partial charge in [0, 0.05) is 98.5 Å². The molecule has 0 saturated heterocycles. The van der Waals surface area contributed by atoms with Crippen molar-refractivity contribution in [1.82, 2.24) is 27.4 Å². The predicted octanol–water partition coefficient (Wildman–Crippen LogP) is 28.1. The number of para-hydroxylation sites is 6. The van der Waals surface area contributed by atoms with Crippen molar-refractivity contribution in [3.63, 3.8) is 0 Å². The van der Waals surface area contributed by atoms with E-state index in [4.69, 9.17) is 0 Å². The summed E-state index contributed by atoms with van der Waals surface area (Å²) in [5, 5.41) is 17.0. The second-order valence-electron chi connectivity index (χ2n) is 30.0. The Bertz CT molecular complexity index is 8050. The van der Waals surface area contributed by atoms with Gasteiger partial charge in [0.15, 0.2) is 0 Å². The fraction of sp³-hybridized carbons (Fsp3) is 0. The van der Waals surface area contributed by atoms with E-state index in [1.54, 1.807) is 0 Å². The molecule has 24 aromatic rings. The first-order valence-electron chi connectivity index (χ1n) is 38.6. The molecule has 0 unspecified atom stereocenters. The standard InChI is InChI=1S/C106H66N6/c1-4-22-67(23-5-1)70-47-56-99-92(59-70)91-55-48-80(111-97-39-18-14-35-84(97)88-52-44-73(62-103(88)111)72-43-50-86-82-33-12-16-37-95(82)108(101(86)60-72)77-29-8-3-9-30-77)66-106(91)109(99)78-31-20-26-69(58-78)71-42-53-89-90-54-46-75(64-105(90)112(104(89)63-71)94-41-21-25-68-24-10-11-32-81(68)94)74-45-51-87-83-34-13-17-38-96(83)110(102(87)61-74)79-49-57-100-93(65-79)85-36-15-19-40-98(85)107(100)76-27-6-2-7-28-76/h1-66H. The molecule has 6 nitrogen and oxygen atoms in total. The number of fused-ring (bicyclic) bond motifs is 19. The molecule has 0 saturated carbocycles. The highest BCUT2D eigenvalue weighted by atomic mass is 15.0. The minimum absolute atomic E-state index is 1.08. The summed E-state index contributed by atoms with van der Waals surface area (Å²) in [5.41, 5.74) is 30.0. The molecule has 24 rings (SSSR count). The van der Waals surface area contributed by atoms with Gasteiger partial charge in [-0.05, 0) is 189 Å². The zero-order valence-electron chi connectivity index (χ0n) is 60.8. The normalized spacial score (nSPS) is 12.1. The molecule has 18 aromatic carbocycles. The Kier molecular flexibility index (Phi) is 13.5. The Labute approximate surface area is 643 Å². The predicted molar refractivity (Wildman–Crippen MR) is 472 cm³/mol. The van der Waals surface area contributed by atoms with Gasteiger partial charge in [-0.15, -0.1) is 0 Å². The summed E-state index contributed by atoms with van der Waals surface area (Å²) < 4.78 is 14.8. The molecule has 6 aromatic heterocycles. The quantitative estimate of drug-likeness (QED) is 0.131. The third kappa shape index (κ3) is 9.33. The van der Waals surface area contributed by atoms with Crippen molar-refractivity contribution in [2.45, 2.75) is 0 Å². The number of nitrogens with zero attached hydrogens (tertiary/aromatic N) is 6. The molecule has 0 radical (unpaired) electrons. The molecule has 520 valence electrons. The summed E-state index contributed by atoms with van der Waals surface area (Å²) in [6, 6.07) is 149. The van der Waals surface area contributed by atoms with E-state index in [9.17, 15) is 0 Å². The summed E-state index contributed by atoms with van der Waals surface area (Å²) in [6.07, 6.45) is 0. The number of benzene rings is 18. The monoisotopic (exact) mass is 1420 g/mol. The Hall–Kier alpha value is -15.0. The maximum Gasteiger partial charge on any atom is 0.0561 e. The zero-order valence-corrected chi connectivity index (χ0v) is 60.8. The lowest BCUT2D eigenvalue weighted by Gasteiger charge is -2.14. The van der Waals surface area contributed by atoms with Crippen LogP contribution in [0, 0.1) is 0 Å². The van der Waals surface area contributed by atoms with Crippen LogP contribution >= 0.6 is 0 Å². The number of hydrogen-bond acceptors (Lipinski definition) is 0. The maximum atomic E-state index is 2.53. The van der Waals surface area contributed by atoms with Gasteiger partial charge in [-0.25, -0.2) is 0 Å². The summed E-state index contributed by atoms with van der Waals surface area (Å²) in [7, 11) is 0. The van der Waals surface area contributed by atoms with Gasteiger partial charge in [0.05, 0.1) is 71.9 Å². The highest BCUT2D eigenvalue weighted by Gasteiger charge is 2.24. The largest absolute Gasteiger partial charge is 0.309 e. The average molecular weight is 1420 g/mol. The van der Waals surface area contributed by atoms with Crippen LogP contribution in [0.25, 0.3) is 220 Å². The van der Waals surface area contributed by atoms with E-state index in [1.807, 2.05) is 0 Å². The van der Waals surface area contributed by atoms with Crippen LogP contribution in [0.4, 0.5) is 0 Å². The van der Waals surface area contributed by atoms with Gasteiger partial charge in [0.1, 0.15) is 0 Å². The van der Waals surface area contributed by atoms with Gasteiger partial charge in [-0.3, -0.25) is 0 Å². The molecule has 0 amide bonds. The fourth-order valence-electron chi connectivity index (χ4n) is 18.9. The maximum absolute atomic E-state index is 2.53. The van der Waals surface area contributed by atoms with Crippen LogP contribution in [-0.4, -0.2) is 27.4 Å². The third-order valence-electron chi connectivity index (χ3n) is 24.0. The van der Waals surface area contributed by atoms with Crippen LogP contribution in [0.15, 0.2) is 400 Å². The van der Waals surface area contributed by atoms with Crippen LogP contribution < -0.4 is 0 Å². The highest BCUT2D eigenvalue weighted by molar-refractivity contribution is 6.18. The molecular formula is C106H66N6. The number of hydrogen-bond donors (Lipinski definition) is 0. The SMILES string of the molecule is c1ccc(-c2ccc3c(c2)c2ccc(-n4c5ccccc5c5ccc(-c6ccc7c8ccccc8n(-c8ccccc8)c7c6)cc54)cc2n3-c2cccc(-c3ccc4c5ccc(-c6ccc7c8ccccc8n(-c8ccc9c(c8)c8ccccc8n9-c8ccccc8)c7c6)cc5n(-c5cccc6ccccc56)c4c3)c2)cc1. The van der Waals surface area contributed by atoms with Crippen LogP contribution in [0.3, 0.4) is 0 Å². The van der Waals surface area contributed by atoms with Crippen molar-refractivity contribution >= 4 is 142 Å². The lowest BCUT2D eigenvalue weighted by Crippen LogP contribution is -1.98. The van der Waals surface area contributed by atoms with Gasteiger partial charge in [-0.1, -0.05) is 261 Å². The Morgan fingerprint density at radius 2 is 0.393 bits per heavy atom. The van der Waals surface area contributed by atoms with Crippen molar-refractivity contribution in [1.29, 1.82) is 0 Å². The molecule has 0 fully saturated rings. The fourth-order valence-corrected chi connectivity index (χ4v) is 18.9. The lowest BCUT2D eigenvalue weighted by atomic mass is 10.0. The second kappa shape index (κ2) is 24.3. The molecular weight excluding hydrogens is 1360 g/mol. The van der Waals surface area contributed by atoms with Crippen molar-refractivity contribution in [3.05, 3.63) is 400 Å². The van der Waals surface area contributed by atoms with Gasteiger partial charge >= 0.3 is 0 Å². The van der Waals surface area contributed by atoms with Crippen LogP contribution in [-0.2, 0) is 0 Å². The molecule has 0 bridgehead atoms. The van der Waals surface area contributed by atoms with Crippen LogP contribution in [0.2, 0.25) is 0 Å². The zero-order chi connectivity index (χ0) is 73.2. The van der Waals surface area contributed by atoms with E-state index in [-0.39, 0.29) is 0 Å². The summed E-state index contributed by atoms with van der Waals surface area (Å²) in [4.78, 5) is 0. The minimum Gasteiger partial charge on any atom is -0.309 e. The molecule has 0 aliphatic rings. The molecule has 0 aliphatic heterocycles. The Morgan fingerprint density at radius 1 is 0.116 bits per heavy atom. The van der Waals surface area contributed by atoms with Gasteiger partial charge in [-0.2, -0.15) is 0 Å². The first-order chi connectivity index (χ1) is 55.5. The Balaban J connectivity index is 0.660. The summed E-state index contributed by atoms with van der Waals surface area (Å²) in [6.45, 7) is 0. The van der Waals surface area contributed by atoms with E-state index >= 15 is 0 Å². The third-order valence-corrected chi connectivity index (χ3v) is 24.0. The molecule has 0 spiro atoms. The Morgan fingerprint density at radius 3 is 0.902 bits per heavy atom. The lowest BCUT2D eigenvalue weighted by molar-refractivity contribution is 1.15. The first-order valence-corrected chi connectivity index (χ1v) is 38.6. The van der Waals surface area contributed by atoms with E-state index < -0.39 is 0 Å². The second-order valence-corrected chi connectivity index (χ2v) is 30.0. The molecule has 0 aliphatic carbocycles. The molecule has 0 N–H and O–H groups in total. The first kappa shape index (κ1) is 62.1. The van der Waals surface area contributed by atoms with Crippen molar-refractivity contribution in [2.75, 3.05) is 0 Å². The van der Waals surface area contributed by atoms with Gasteiger partial charge in [0.2, 0.25) is 0 Å². The van der Waals surface area contributed by atoms with E-state index in [0.717, 1.165) is 101 Å². The average Bonchev–Trinajstić information content (AvgIpc) is 1.58. The molecule has 112 heavy (non-hydrogen) atoms. The molecule has 0 atom stereocenters. The highest BCUT2D eigenvalue weighted by Crippen LogP contribution is 2.46. The van der Waals surface area contributed by atoms with Crippen LogP contribution in [0.1, 0.15) is 0 Å². The van der Waals surface area contributed by atoms with Gasteiger partial charge in [0.25, 0.3) is 0 Å². The minimum atomic E-state index is 1.08.